The first-order valence-corrected chi connectivity index (χ1v) is 7.08. The Kier molecular flexibility index (Phi) is 5.23. The number of amides is 1. The second-order valence-corrected chi connectivity index (χ2v) is 5.29. The van der Waals surface area contributed by atoms with Crippen LogP contribution in [0, 0.1) is 0 Å². The van der Waals surface area contributed by atoms with Crippen molar-refractivity contribution < 1.29 is 22.7 Å². The monoisotopic (exact) mass is 343 g/mol. The van der Waals surface area contributed by atoms with Crippen LogP contribution in [-0.2, 0) is 16.1 Å². The number of halogens is 3. The third-order valence-electron chi connectivity index (χ3n) is 3.27. The molecule has 0 saturated heterocycles. The predicted octanol–water partition coefficient (Wildman–Crippen LogP) is 1.85. The van der Waals surface area contributed by atoms with E-state index in [2.05, 4.69) is 14.7 Å². The average Bonchev–Trinajstić information content (AvgIpc) is 2.51. The molecular weight excluding hydrogens is 327 g/mol. The Morgan fingerprint density at radius 2 is 2.04 bits per heavy atom. The molecule has 1 heterocycles. The number of hydrogen-bond donors (Lipinski definition) is 1. The van der Waals surface area contributed by atoms with E-state index in [0.29, 0.717) is 10.9 Å². The lowest BCUT2D eigenvalue weighted by Gasteiger charge is -2.21. The number of likely N-dealkylation sites (N-methyl/N-ethyl adjacent to an activating group) is 1. The normalized spacial score (nSPS) is 13.0. The Morgan fingerprint density at radius 3 is 2.71 bits per heavy atom. The third-order valence-corrected chi connectivity index (χ3v) is 3.27. The van der Waals surface area contributed by atoms with Crippen LogP contribution in [0.2, 0.25) is 0 Å². The van der Waals surface area contributed by atoms with Crippen LogP contribution in [0.15, 0.2) is 29.1 Å². The van der Waals surface area contributed by atoms with Crippen molar-refractivity contribution in [1.82, 2.24) is 14.9 Å². The van der Waals surface area contributed by atoms with E-state index in [1.807, 2.05) is 0 Å². The maximum atomic E-state index is 12.1. The molecule has 2 aromatic rings. The zero-order valence-electron chi connectivity index (χ0n) is 13.1. The molecule has 9 heteroatoms. The van der Waals surface area contributed by atoms with Gasteiger partial charge >= 0.3 is 6.18 Å². The van der Waals surface area contributed by atoms with E-state index in [4.69, 9.17) is 0 Å². The van der Waals surface area contributed by atoms with Crippen LogP contribution in [0.3, 0.4) is 0 Å². The fourth-order valence-electron chi connectivity index (χ4n) is 2.11. The molecule has 130 valence electrons. The van der Waals surface area contributed by atoms with E-state index in [0.717, 1.165) is 4.90 Å². The number of rotatable bonds is 5. The van der Waals surface area contributed by atoms with Gasteiger partial charge in [0.25, 0.3) is 11.5 Å². The zero-order chi connectivity index (χ0) is 17.9. The molecule has 0 fully saturated rings. The summed E-state index contributed by atoms with van der Waals surface area (Å²) in [5, 5.41) is 0.414. The maximum absolute atomic E-state index is 12.1. The maximum Gasteiger partial charge on any atom is 0.411 e. The number of alkyl halides is 3. The molecule has 1 aromatic heterocycles. The minimum Gasteiger partial charge on any atom is -0.359 e. The first kappa shape index (κ1) is 17.9. The van der Waals surface area contributed by atoms with Crippen LogP contribution in [-0.4, -0.2) is 46.7 Å². The van der Waals surface area contributed by atoms with Gasteiger partial charge in [0.2, 0.25) is 0 Å². The number of fused-ring (bicyclic) bond motifs is 1. The number of para-hydroxylation sites is 1. The summed E-state index contributed by atoms with van der Waals surface area (Å²) in [6, 6.07) is 6.70. The summed E-state index contributed by atoms with van der Waals surface area (Å²) < 4.78 is 40.9. The topological polar surface area (TPSA) is 75.3 Å². The zero-order valence-corrected chi connectivity index (χ0v) is 13.1. The number of ether oxygens (including phenoxy) is 1. The van der Waals surface area contributed by atoms with Gasteiger partial charge in [-0.2, -0.15) is 13.2 Å². The summed E-state index contributed by atoms with van der Waals surface area (Å²) in [4.78, 5) is 31.9. The smallest absolute Gasteiger partial charge is 0.359 e. The first-order valence-electron chi connectivity index (χ1n) is 7.08. The Labute approximate surface area is 135 Å². The van der Waals surface area contributed by atoms with Gasteiger partial charge in [0, 0.05) is 7.05 Å². The number of carbonyl (C=O) groups excluding carboxylic acids is 1. The summed E-state index contributed by atoms with van der Waals surface area (Å²) in [5.74, 6) is -0.410. The highest BCUT2D eigenvalue weighted by Crippen LogP contribution is 2.16. The number of nitrogens with zero attached hydrogens (tertiary/aromatic N) is 2. The highest BCUT2D eigenvalue weighted by molar-refractivity contribution is 5.80. The van der Waals surface area contributed by atoms with Gasteiger partial charge < -0.3 is 14.6 Å². The molecule has 0 spiro atoms. The van der Waals surface area contributed by atoms with Crippen molar-refractivity contribution in [2.75, 3.05) is 13.7 Å². The van der Waals surface area contributed by atoms with Gasteiger partial charge in [0.15, 0.2) is 0 Å². The number of aromatic amines is 1. The molecule has 6 nitrogen and oxygen atoms in total. The molecule has 24 heavy (non-hydrogen) atoms. The lowest BCUT2D eigenvalue weighted by molar-refractivity contribution is -0.188. The average molecular weight is 343 g/mol. The quantitative estimate of drug-likeness (QED) is 0.899. The van der Waals surface area contributed by atoms with Crippen LogP contribution in [0.1, 0.15) is 12.7 Å². The molecule has 1 aromatic carbocycles. The van der Waals surface area contributed by atoms with E-state index < -0.39 is 24.8 Å². The van der Waals surface area contributed by atoms with Gasteiger partial charge in [-0.25, -0.2) is 4.98 Å². The number of benzene rings is 1. The van der Waals surface area contributed by atoms with Gasteiger partial charge in [0.1, 0.15) is 18.5 Å². The summed E-state index contributed by atoms with van der Waals surface area (Å²) in [6.07, 6.45) is -5.76. The molecule has 0 saturated carbocycles. The molecule has 0 radical (unpaired) electrons. The van der Waals surface area contributed by atoms with Gasteiger partial charge in [-0.15, -0.1) is 0 Å². The number of carbonyl (C=O) groups is 1. The van der Waals surface area contributed by atoms with E-state index in [9.17, 15) is 22.8 Å². The van der Waals surface area contributed by atoms with Crippen molar-refractivity contribution in [3.63, 3.8) is 0 Å². The number of nitrogens with one attached hydrogen (secondary N) is 1. The second kappa shape index (κ2) is 7.00. The minimum atomic E-state index is -4.50. The summed E-state index contributed by atoms with van der Waals surface area (Å²) in [6.45, 7) is -0.321. The SMILES string of the molecule is C[C@H](OCC(F)(F)F)C(=O)N(C)Cc1nc2ccccc2c(=O)[nH]1. The first-order chi connectivity index (χ1) is 11.2. The van der Waals surface area contributed by atoms with Crippen LogP contribution in [0.4, 0.5) is 13.2 Å². The van der Waals surface area contributed by atoms with Crippen molar-refractivity contribution in [3.05, 3.63) is 40.4 Å². The lowest BCUT2D eigenvalue weighted by Crippen LogP contribution is -2.38. The largest absolute Gasteiger partial charge is 0.411 e. The predicted molar refractivity (Wildman–Crippen MR) is 80.3 cm³/mol. The van der Waals surface area contributed by atoms with Crippen molar-refractivity contribution in [3.8, 4) is 0 Å². The van der Waals surface area contributed by atoms with Crippen molar-refractivity contribution in [2.24, 2.45) is 0 Å². The summed E-state index contributed by atoms with van der Waals surface area (Å²) in [7, 11) is 1.39. The van der Waals surface area contributed by atoms with Gasteiger partial charge in [-0.3, -0.25) is 9.59 Å². The van der Waals surface area contributed by atoms with Crippen molar-refractivity contribution in [2.45, 2.75) is 25.7 Å². The lowest BCUT2D eigenvalue weighted by atomic mass is 10.2. The Balaban J connectivity index is 2.07. The highest BCUT2D eigenvalue weighted by Gasteiger charge is 2.30. The van der Waals surface area contributed by atoms with Crippen LogP contribution in [0.25, 0.3) is 10.9 Å². The van der Waals surface area contributed by atoms with Crippen LogP contribution >= 0.6 is 0 Å². The molecule has 0 unspecified atom stereocenters. The Bertz CT molecular complexity index is 789. The molecule has 0 aliphatic carbocycles. The number of aromatic nitrogens is 2. The molecule has 0 bridgehead atoms. The molecule has 1 atom stereocenters. The van der Waals surface area contributed by atoms with E-state index >= 15 is 0 Å². The van der Waals surface area contributed by atoms with Gasteiger partial charge in [0.05, 0.1) is 17.4 Å². The fraction of sp³-hybridized carbons (Fsp3) is 0.400. The van der Waals surface area contributed by atoms with Gasteiger partial charge in [-0.1, -0.05) is 12.1 Å². The molecule has 2 rings (SSSR count). The molecule has 0 aliphatic heterocycles. The van der Waals surface area contributed by atoms with Gasteiger partial charge in [-0.05, 0) is 19.1 Å². The van der Waals surface area contributed by atoms with E-state index in [-0.39, 0.29) is 17.9 Å². The molecule has 1 amide bonds. The van der Waals surface area contributed by atoms with Crippen LogP contribution < -0.4 is 5.56 Å². The molecule has 0 aliphatic rings. The Hall–Kier alpha value is -2.42. The molecule has 1 N–H and O–H groups in total. The number of H-pyrrole nitrogens is 1. The number of hydrogen-bond acceptors (Lipinski definition) is 4. The molecular formula is C15H16F3N3O3. The fourth-order valence-corrected chi connectivity index (χ4v) is 2.11. The van der Waals surface area contributed by atoms with E-state index in [1.165, 1.54) is 14.0 Å². The van der Waals surface area contributed by atoms with Crippen molar-refractivity contribution in [1.29, 1.82) is 0 Å². The third kappa shape index (κ3) is 4.54. The van der Waals surface area contributed by atoms with Crippen molar-refractivity contribution >= 4 is 16.8 Å². The summed E-state index contributed by atoms with van der Waals surface area (Å²) >= 11 is 0. The Morgan fingerprint density at radius 1 is 1.38 bits per heavy atom. The standard InChI is InChI=1S/C15H16F3N3O3/c1-9(24-8-15(16,17)18)14(23)21(2)7-12-19-11-6-4-3-5-10(11)13(22)20-12/h3-6,9H,7-8H2,1-2H3,(H,19,20,22)/t9-/m0/s1. The highest BCUT2D eigenvalue weighted by atomic mass is 19.4. The van der Waals surface area contributed by atoms with Crippen LogP contribution in [0.5, 0.6) is 0 Å². The second-order valence-electron chi connectivity index (χ2n) is 5.29. The van der Waals surface area contributed by atoms with E-state index in [1.54, 1.807) is 24.3 Å². The minimum absolute atomic E-state index is 0.0569. The summed E-state index contributed by atoms with van der Waals surface area (Å²) in [5.41, 5.74) is 0.122.